The third-order valence-corrected chi connectivity index (χ3v) is 4.37. The second kappa shape index (κ2) is 4.64. The first kappa shape index (κ1) is 12.7. The number of nitrogens with zero attached hydrogens (tertiary/aromatic N) is 3. The highest BCUT2D eigenvalue weighted by Gasteiger charge is 2.20. The van der Waals surface area contributed by atoms with Crippen molar-refractivity contribution in [1.82, 2.24) is 15.2 Å². The van der Waals surface area contributed by atoms with Crippen molar-refractivity contribution in [3.8, 4) is 0 Å². The molecule has 3 aromatic heterocycles. The van der Waals surface area contributed by atoms with Gasteiger partial charge in [-0.05, 0) is 31.5 Å². The maximum atomic E-state index is 12.5. The topological polar surface area (TPSA) is 81.8 Å². The van der Waals surface area contributed by atoms with E-state index >= 15 is 0 Å². The number of hydrogen-bond donors (Lipinski definition) is 1. The Morgan fingerprint density at radius 2 is 1.90 bits per heavy atom. The average Bonchev–Trinajstić information content (AvgIpc) is 2.81. The zero-order valence-corrected chi connectivity index (χ0v) is 11.9. The van der Waals surface area contributed by atoms with Crippen LogP contribution in [0.3, 0.4) is 0 Å². The first-order valence-electron chi connectivity index (χ1n) is 6.06. The minimum atomic E-state index is -0.107. The Labute approximate surface area is 119 Å². The van der Waals surface area contributed by atoms with Crippen molar-refractivity contribution in [2.24, 2.45) is 0 Å². The van der Waals surface area contributed by atoms with Gasteiger partial charge in [0.15, 0.2) is 0 Å². The number of aryl methyl sites for hydroxylation is 2. The molecule has 0 aliphatic carbocycles. The van der Waals surface area contributed by atoms with E-state index in [0.29, 0.717) is 21.0 Å². The maximum Gasteiger partial charge on any atom is 0.205 e. The molecule has 6 heteroatoms. The van der Waals surface area contributed by atoms with Crippen LogP contribution in [0.15, 0.2) is 24.5 Å². The van der Waals surface area contributed by atoms with E-state index in [2.05, 4.69) is 15.2 Å². The molecular formula is C14H12N4OS. The van der Waals surface area contributed by atoms with E-state index in [4.69, 9.17) is 5.73 Å². The fraction of sp³-hybridized carbons (Fsp3) is 0.143. The molecule has 0 fully saturated rings. The lowest BCUT2D eigenvalue weighted by Crippen LogP contribution is -2.02. The highest BCUT2D eigenvalue weighted by Crippen LogP contribution is 2.35. The molecule has 3 heterocycles. The van der Waals surface area contributed by atoms with Crippen LogP contribution in [0.5, 0.6) is 0 Å². The summed E-state index contributed by atoms with van der Waals surface area (Å²) in [6, 6.07) is 3.35. The van der Waals surface area contributed by atoms with Crippen LogP contribution in [-0.2, 0) is 0 Å². The molecule has 0 saturated carbocycles. The standard InChI is InChI=1S/C14H12N4OS/c1-7-8(2)17-18-14-10(7)11(15)13(20-14)12(19)9-3-5-16-6-4-9/h3-6H,15H2,1-2H3. The van der Waals surface area contributed by atoms with Crippen molar-refractivity contribution in [2.45, 2.75) is 13.8 Å². The van der Waals surface area contributed by atoms with Gasteiger partial charge in [-0.3, -0.25) is 9.78 Å². The molecule has 20 heavy (non-hydrogen) atoms. The number of rotatable bonds is 2. The molecule has 0 aliphatic heterocycles. The summed E-state index contributed by atoms with van der Waals surface area (Å²) in [5.74, 6) is -0.107. The Bertz CT molecular complexity index is 811. The van der Waals surface area contributed by atoms with Crippen molar-refractivity contribution in [3.63, 3.8) is 0 Å². The van der Waals surface area contributed by atoms with Gasteiger partial charge in [0.1, 0.15) is 9.71 Å². The van der Waals surface area contributed by atoms with Crippen molar-refractivity contribution in [3.05, 3.63) is 46.2 Å². The first-order valence-corrected chi connectivity index (χ1v) is 6.88. The first-order chi connectivity index (χ1) is 9.59. The van der Waals surface area contributed by atoms with Gasteiger partial charge in [0.05, 0.1) is 11.4 Å². The Balaban J connectivity index is 2.21. The SMILES string of the molecule is Cc1nnc2sc(C(=O)c3ccncc3)c(N)c2c1C. The number of thiophene rings is 1. The second-order valence-electron chi connectivity index (χ2n) is 4.50. The fourth-order valence-electron chi connectivity index (χ4n) is 2.04. The molecular weight excluding hydrogens is 272 g/mol. The van der Waals surface area contributed by atoms with Gasteiger partial charge in [0.25, 0.3) is 0 Å². The van der Waals surface area contributed by atoms with Crippen LogP contribution < -0.4 is 5.73 Å². The molecule has 0 amide bonds. The maximum absolute atomic E-state index is 12.5. The zero-order chi connectivity index (χ0) is 14.3. The van der Waals surface area contributed by atoms with Crippen LogP contribution in [0.25, 0.3) is 10.2 Å². The highest BCUT2D eigenvalue weighted by molar-refractivity contribution is 7.21. The zero-order valence-electron chi connectivity index (χ0n) is 11.0. The Morgan fingerprint density at radius 1 is 1.20 bits per heavy atom. The second-order valence-corrected chi connectivity index (χ2v) is 5.50. The smallest absolute Gasteiger partial charge is 0.205 e. The largest absolute Gasteiger partial charge is 0.397 e. The summed E-state index contributed by atoms with van der Waals surface area (Å²) < 4.78 is 0. The number of aromatic nitrogens is 3. The van der Waals surface area contributed by atoms with Crippen molar-refractivity contribution in [1.29, 1.82) is 0 Å². The summed E-state index contributed by atoms with van der Waals surface area (Å²) in [5, 5.41) is 9.03. The van der Waals surface area contributed by atoms with E-state index in [1.54, 1.807) is 24.5 Å². The molecule has 0 bridgehead atoms. The van der Waals surface area contributed by atoms with Gasteiger partial charge in [0.2, 0.25) is 5.78 Å². The number of anilines is 1. The van der Waals surface area contributed by atoms with E-state index < -0.39 is 0 Å². The van der Waals surface area contributed by atoms with Gasteiger partial charge in [-0.2, -0.15) is 5.10 Å². The molecule has 0 radical (unpaired) electrons. The quantitative estimate of drug-likeness (QED) is 0.731. The number of carbonyl (C=O) groups is 1. The lowest BCUT2D eigenvalue weighted by Gasteiger charge is -2.01. The van der Waals surface area contributed by atoms with Crippen LogP contribution in [0.4, 0.5) is 5.69 Å². The molecule has 0 spiro atoms. The molecule has 0 saturated heterocycles. The minimum absolute atomic E-state index is 0.107. The number of nitrogens with two attached hydrogens (primary N) is 1. The van der Waals surface area contributed by atoms with Crippen molar-refractivity contribution >= 4 is 33.0 Å². The van der Waals surface area contributed by atoms with Crippen LogP contribution >= 0.6 is 11.3 Å². The summed E-state index contributed by atoms with van der Waals surface area (Å²) in [5.41, 5.74) is 9.01. The summed E-state index contributed by atoms with van der Waals surface area (Å²) in [4.78, 5) is 17.6. The number of nitrogen functional groups attached to an aromatic ring is 1. The number of hydrogen-bond acceptors (Lipinski definition) is 6. The van der Waals surface area contributed by atoms with E-state index in [0.717, 1.165) is 16.6 Å². The van der Waals surface area contributed by atoms with Gasteiger partial charge in [0, 0.05) is 23.3 Å². The van der Waals surface area contributed by atoms with Crippen molar-refractivity contribution < 1.29 is 4.79 Å². The molecule has 0 aliphatic rings. The Kier molecular flexibility index (Phi) is 2.94. The Hall–Kier alpha value is -2.34. The van der Waals surface area contributed by atoms with E-state index in [1.807, 2.05) is 13.8 Å². The highest BCUT2D eigenvalue weighted by atomic mass is 32.1. The van der Waals surface area contributed by atoms with E-state index in [-0.39, 0.29) is 5.78 Å². The fourth-order valence-corrected chi connectivity index (χ4v) is 3.11. The van der Waals surface area contributed by atoms with Gasteiger partial charge in [-0.15, -0.1) is 16.4 Å². The normalized spacial score (nSPS) is 10.9. The van der Waals surface area contributed by atoms with Gasteiger partial charge < -0.3 is 5.73 Å². The summed E-state index contributed by atoms with van der Waals surface area (Å²) >= 11 is 1.28. The molecule has 0 unspecified atom stereocenters. The average molecular weight is 284 g/mol. The number of pyridine rings is 1. The number of ketones is 1. The summed E-state index contributed by atoms with van der Waals surface area (Å²) in [7, 11) is 0. The molecule has 3 rings (SSSR count). The van der Waals surface area contributed by atoms with Gasteiger partial charge in [-0.1, -0.05) is 0 Å². The van der Waals surface area contributed by atoms with Gasteiger partial charge in [-0.25, -0.2) is 0 Å². The van der Waals surface area contributed by atoms with Crippen LogP contribution in [-0.4, -0.2) is 21.0 Å². The molecule has 5 nitrogen and oxygen atoms in total. The predicted octanol–water partition coefficient (Wildman–Crippen LogP) is 2.52. The summed E-state index contributed by atoms with van der Waals surface area (Å²) in [6.07, 6.45) is 3.18. The minimum Gasteiger partial charge on any atom is -0.397 e. The number of carbonyl (C=O) groups excluding carboxylic acids is 1. The third kappa shape index (κ3) is 1.85. The molecule has 3 aromatic rings. The van der Waals surface area contributed by atoms with E-state index in [1.165, 1.54) is 11.3 Å². The van der Waals surface area contributed by atoms with Crippen LogP contribution in [0.2, 0.25) is 0 Å². The number of fused-ring (bicyclic) bond motifs is 1. The predicted molar refractivity (Wildman–Crippen MR) is 79.0 cm³/mol. The van der Waals surface area contributed by atoms with E-state index in [9.17, 15) is 4.79 Å². The van der Waals surface area contributed by atoms with Crippen LogP contribution in [0.1, 0.15) is 26.5 Å². The van der Waals surface area contributed by atoms with Crippen molar-refractivity contribution in [2.75, 3.05) is 5.73 Å². The summed E-state index contributed by atoms with van der Waals surface area (Å²) in [6.45, 7) is 3.82. The molecule has 100 valence electrons. The molecule has 2 N–H and O–H groups in total. The van der Waals surface area contributed by atoms with Gasteiger partial charge >= 0.3 is 0 Å². The molecule has 0 aromatic carbocycles. The monoisotopic (exact) mass is 284 g/mol. The lowest BCUT2D eigenvalue weighted by molar-refractivity contribution is 0.104. The Morgan fingerprint density at radius 3 is 2.60 bits per heavy atom. The molecule has 0 atom stereocenters. The third-order valence-electron chi connectivity index (χ3n) is 3.28. The van der Waals surface area contributed by atoms with Crippen LogP contribution in [0, 0.1) is 13.8 Å². The lowest BCUT2D eigenvalue weighted by atomic mass is 10.1.